The number of amides is 1. The van der Waals surface area contributed by atoms with Gasteiger partial charge >= 0.3 is 0 Å². The van der Waals surface area contributed by atoms with E-state index in [1.54, 1.807) is 11.8 Å². The van der Waals surface area contributed by atoms with Gasteiger partial charge in [0, 0.05) is 10.7 Å². The summed E-state index contributed by atoms with van der Waals surface area (Å²) in [7, 11) is 0. The third-order valence-corrected chi connectivity index (χ3v) is 4.43. The SMILES string of the molecule is CSC1C(=O)Nc2ccc(-c3ccc(Cl)cc3)cc21. The van der Waals surface area contributed by atoms with E-state index in [-0.39, 0.29) is 11.2 Å². The zero-order chi connectivity index (χ0) is 13.4. The van der Waals surface area contributed by atoms with Crippen molar-refractivity contribution in [2.75, 3.05) is 11.6 Å². The van der Waals surface area contributed by atoms with Crippen LogP contribution in [0, 0.1) is 0 Å². The molecule has 0 aromatic heterocycles. The molecule has 0 saturated heterocycles. The van der Waals surface area contributed by atoms with Gasteiger partial charge in [-0.2, -0.15) is 0 Å². The molecular formula is C15H12ClNOS. The van der Waals surface area contributed by atoms with Gasteiger partial charge in [0.05, 0.1) is 0 Å². The van der Waals surface area contributed by atoms with Crippen molar-refractivity contribution in [3.05, 3.63) is 53.1 Å². The van der Waals surface area contributed by atoms with Crippen LogP contribution in [-0.4, -0.2) is 12.2 Å². The number of carbonyl (C=O) groups is 1. The van der Waals surface area contributed by atoms with Gasteiger partial charge in [-0.15, -0.1) is 11.8 Å². The first kappa shape index (κ1) is 12.6. The summed E-state index contributed by atoms with van der Waals surface area (Å²) in [6.45, 7) is 0. The van der Waals surface area contributed by atoms with Gasteiger partial charge in [-0.1, -0.05) is 29.8 Å². The van der Waals surface area contributed by atoms with Crippen LogP contribution < -0.4 is 5.32 Å². The molecule has 0 radical (unpaired) electrons. The third kappa shape index (κ3) is 2.24. The predicted octanol–water partition coefficient (Wildman–Crippen LogP) is 4.36. The predicted molar refractivity (Wildman–Crippen MR) is 81.8 cm³/mol. The molecule has 1 aliphatic heterocycles. The second kappa shape index (κ2) is 4.91. The van der Waals surface area contributed by atoms with Gasteiger partial charge in [0.2, 0.25) is 5.91 Å². The minimum Gasteiger partial charge on any atom is -0.325 e. The van der Waals surface area contributed by atoms with E-state index in [1.165, 1.54) is 0 Å². The van der Waals surface area contributed by atoms with Crippen LogP contribution in [0.1, 0.15) is 10.8 Å². The highest BCUT2D eigenvalue weighted by molar-refractivity contribution is 7.99. The summed E-state index contributed by atoms with van der Waals surface area (Å²) in [5.41, 5.74) is 4.18. The lowest BCUT2D eigenvalue weighted by atomic mass is 10.0. The van der Waals surface area contributed by atoms with Crippen LogP contribution in [0.5, 0.6) is 0 Å². The highest BCUT2D eigenvalue weighted by Gasteiger charge is 2.29. The smallest absolute Gasteiger partial charge is 0.242 e. The Bertz CT molecular complexity index is 639. The molecule has 2 aromatic carbocycles. The Hall–Kier alpha value is -1.45. The number of hydrogen-bond donors (Lipinski definition) is 1. The first-order valence-electron chi connectivity index (χ1n) is 5.92. The van der Waals surface area contributed by atoms with Crippen LogP contribution in [0.15, 0.2) is 42.5 Å². The topological polar surface area (TPSA) is 29.1 Å². The molecule has 0 aliphatic carbocycles. The van der Waals surface area contributed by atoms with Crippen molar-refractivity contribution < 1.29 is 4.79 Å². The maximum Gasteiger partial charge on any atom is 0.242 e. The fourth-order valence-electron chi connectivity index (χ4n) is 2.29. The van der Waals surface area contributed by atoms with E-state index < -0.39 is 0 Å². The molecule has 1 N–H and O–H groups in total. The summed E-state index contributed by atoms with van der Waals surface area (Å²) >= 11 is 7.46. The van der Waals surface area contributed by atoms with Gasteiger partial charge in [0.25, 0.3) is 0 Å². The normalized spacial score (nSPS) is 17.2. The van der Waals surface area contributed by atoms with Crippen molar-refractivity contribution in [1.82, 2.24) is 0 Å². The summed E-state index contributed by atoms with van der Waals surface area (Å²) < 4.78 is 0. The quantitative estimate of drug-likeness (QED) is 0.890. The lowest BCUT2D eigenvalue weighted by molar-refractivity contribution is -0.115. The zero-order valence-electron chi connectivity index (χ0n) is 10.3. The maximum absolute atomic E-state index is 11.8. The molecule has 4 heteroatoms. The van der Waals surface area contributed by atoms with Crippen molar-refractivity contribution in [2.24, 2.45) is 0 Å². The average molecular weight is 290 g/mol. The number of anilines is 1. The molecule has 0 fully saturated rings. The Kier molecular flexibility index (Phi) is 3.25. The highest BCUT2D eigenvalue weighted by atomic mass is 35.5. The minimum absolute atomic E-state index is 0.0655. The fraction of sp³-hybridized carbons (Fsp3) is 0.133. The second-order valence-corrected chi connectivity index (χ2v) is 5.79. The van der Waals surface area contributed by atoms with Crippen molar-refractivity contribution in [3.8, 4) is 11.1 Å². The summed E-state index contributed by atoms with van der Waals surface area (Å²) in [5.74, 6) is 0.0655. The molecule has 3 rings (SSSR count). The van der Waals surface area contributed by atoms with Gasteiger partial charge < -0.3 is 5.32 Å². The Morgan fingerprint density at radius 2 is 1.79 bits per heavy atom. The van der Waals surface area contributed by atoms with Gasteiger partial charge in [0.15, 0.2) is 0 Å². The molecule has 1 unspecified atom stereocenters. The van der Waals surface area contributed by atoms with Gasteiger partial charge in [-0.25, -0.2) is 0 Å². The number of rotatable bonds is 2. The van der Waals surface area contributed by atoms with Crippen LogP contribution in [0.25, 0.3) is 11.1 Å². The minimum atomic E-state index is -0.109. The first-order valence-corrected chi connectivity index (χ1v) is 7.59. The van der Waals surface area contributed by atoms with Gasteiger partial charge in [-0.05, 0) is 47.2 Å². The van der Waals surface area contributed by atoms with Gasteiger partial charge in [-0.3, -0.25) is 4.79 Å². The molecule has 19 heavy (non-hydrogen) atoms. The van der Waals surface area contributed by atoms with E-state index in [1.807, 2.05) is 42.7 Å². The third-order valence-electron chi connectivity index (χ3n) is 3.24. The van der Waals surface area contributed by atoms with E-state index in [9.17, 15) is 4.79 Å². The Morgan fingerprint density at radius 3 is 2.47 bits per heavy atom. The molecule has 1 aliphatic rings. The molecule has 0 bridgehead atoms. The lowest BCUT2D eigenvalue weighted by Gasteiger charge is -2.08. The number of carbonyl (C=O) groups excluding carboxylic acids is 1. The molecule has 2 aromatic rings. The van der Waals surface area contributed by atoms with E-state index in [4.69, 9.17) is 11.6 Å². The van der Waals surface area contributed by atoms with Crippen molar-refractivity contribution in [1.29, 1.82) is 0 Å². The largest absolute Gasteiger partial charge is 0.325 e. The number of nitrogens with one attached hydrogen (secondary N) is 1. The first-order chi connectivity index (χ1) is 9.19. The number of hydrogen-bond acceptors (Lipinski definition) is 2. The monoisotopic (exact) mass is 289 g/mol. The summed E-state index contributed by atoms with van der Waals surface area (Å²) in [6, 6.07) is 13.8. The van der Waals surface area contributed by atoms with E-state index in [0.29, 0.717) is 0 Å². The molecule has 1 heterocycles. The summed E-state index contributed by atoms with van der Waals surface area (Å²) in [4.78, 5) is 11.8. The van der Waals surface area contributed by atoms with Crippen LogP contribution in [0.3, 0.4) is 0 Å². The Labute approximate surface area is 121 Å². The van der Waals surface area contributed by atoms with Crippen LogP contribution in [0.2, 0.25) is 5.02 Å². The number of fused-ring (bicyclic) bond motifs is 1. The second-order valence-electron chi connectivity index (χ2n) is 4.41. The van der Waals surface area contributed by atoms with E-state index >= 15 is 0 Å². The standard InChI is InChI=1S/C15H12ClNOS/c1-19-14-12-8-10(4-7-13(12)17-15(14)18)9-2-5-11(16)6-3-9/h2-8,14H,1H3,(H,17,18). The van der Waals surface area contributed by atoms with Crippen LogP contribution >= 0.6 is 23.4 Å². The van der Waals surface area contributed by atoms with Gasteiger partial charge in [0.1, 0.15) is 5.25 Å². The lowest BCUT2D eigenvalue weighted by Crippen LogP contribution is -2.08. The molecule has 0 saturated carbocycles. The zero-order valence-corrected chi connectivity index (χ0v) is 11.9. The van der Waals surface area contributed by atoms with Crippen LogP contribution in [0.4, 0.5) is 5.69 Å². The molecule has 96 valence electrons. The van der Waals surface area contributed by atoms with Crippen LogP contribution in [-0.2, 0) is 4.79 Å². The Morgan fingerprint density at radius 1 is 1.11 bits per heavy atom. The van der Waals surface area contributed by atoms with Crippen molar-refractivity contribution in [2.45, 2.75) is 5.25 Å². The maximum atomic E-state index is 11.8. The average Bonchev–Trinajstić information content (AvgIpc) is 2.74. The molecular weight excluding hydrogens is 278 g/mol. The van der Waals surface area contributed by atoms with E-state index in [2.05, 4.69) is 11.4 Å². The van der Waals surface area contributed by atoms with Crippen molar-refractivity contribution in [3.63, 3.8) is 0 Å². The number of thioether (sulfide) groups is 1. The molecule has 1 atom stereocenters. The highest BCUT2D eigenvalue weighted by Crippen LogP contribution is 2.40. The summed E-state index contributed by atoms with van der Waals surface area (Å²) in [5, 5.41) is 3.52. The molecule has 1 amide bonds. The number of halogens is 1. The number of benzene rings is 2. The Balaban J connectivity index is 2.05. The van der Waals surface area contributed by atoms with E-state index in [0.717, 1.165) is 27.4 Å². The fourth-order valence-corrected chi connectivity index (χ4v) is 3.14. The molecule has 0 spiro atoms. The van der Waals surface area contributed by atoms with Crippen molar-refractivity contribution >= 4 is 35.0 Å². The molecule has 2 nitrogen and oxygen atoms in total. The summed E-state index contributed by atoms with van der Waals surface area (Å²) in [6.07, 6.45) is 1.95.